The minimum absolute atomic E-state index is 0.268. The van der Waals surface area contributed by atoms with Gasteiger partial charge < -0.3 is 14.2 Å². The van der Waals surface area contributed by atoms with Crippen LogP contribution in [0.5, 0.6) is 5.75 Å². The fourth-order valence-electron chi connectivity index (χ4n) is 5.33. The molecule has 0 N–H and O–H groups in total. The van der Waals surface area contributed by atoms with Crippen LogP contribution in [0.25, 0.3) is 21.9 Å². The number of esters is 1. The summed E-state index contributed by atoms with van der Waals surface area (Å²) in [4.78, 5) is 17.0. The molecule has 1 aromatic heterocycles. The number of carbonyl (C=O) groups excluding carboxylic acids is 1. The summed E-state index contributed by atoms with van der Waals surface area (Å²) >= 11 is 1.59. The van der Waals surface area contributed by atoms with E-state index in [1.807, 2.05) is 54.0 Å². The zero-order valence-electron chi connectivity index (χ0n) is 21.3. The zero-order valence-corrected chi connectivity index (χ0v) is 22.1. The molecular weight excluding hydrogens is 494 g/mol. The minimum atomic E-state index is -0.612. The van der Waals surface area contributed by atoms with E-state index >= 15 is 0 Å². The highest BCUT2D eigenvalue weighted by molar-refractivity contribution is 7.09. The van der Waals surface area contributed by atoms with Gasteiger partial charge >= 0.3 is 5.97 Å². The van der Waals surface area contributed by atoms with Crippen LogP contribution < -0.4 is 4.74 Å². The van der Waals surface area contributed by atoms with Gasteiger partial charge in [-0.3, -0.25) is 0 Å². The lowest BCUT2D eigenvalue weighted by molar-refractivity contribution is 0.0182. The lowest BCUT2D eigenvalue weighted by Crippen LogP contribution is -2.29. The van der Waals surface area contributed by atoms with Gasteiger partial charge in [0.15, 0.2) is 0 Å². The average Bonchev–Trinajstić information content (AvgIpc) is 3.63. The molecule has 0 fully saturated rings. The molecule has 5 nitrogen and oxygen atoms in total. The number of hydrogen-bond donors (Lipinski definition) is 0. The number of fused-ring (bicyclic) bond motifs is 2. The van der Waals surface area contributed by atoms with Crippen molar-refractivity contribution in [3.8, 4) is 16.9 Å². The van der Waals surface area contributed by atoms with Gasteiger partial charge in [-0.15, -0.1) is 11.3 Å². The Morgan fingerprint density at radius 3 is 2.66 bits per heavy atom. The lowest BCUT2D eigenvalue weighted by Gasteiger charge is -2.30. The summed E-state index contributed by atoms with van der Waals surface area (Å²) in [6.45, 7) is 2.80. The quantitative estimate of drug-likeness (QED) is 0.198. The fourth-order valence-corrected chi connectivity index (χ4v) is 6.23. The number of nitrogens with zero attached hydrogens (tertiary/aromatic N) is 1. The SMILES string of the molecule is CCC(OC)(c1cccc(OCc2ccc3c(-c4ccccc4)c4c(cc3c2)C(=O)OC4)c1)c1nccs1. The highest BCUT2D eigenvalue weighted by atomic mass is 32.1. The van der Waals surface area contributed by atoms with Gasteiger partial charge in [0.1, 0.15) is 29.6 Å². The van der Waals surface area contributed by atoms with Crippen LogP contribution in [0.15, 0.2) is 90.4 Å². The number of aromatic nitrogens is 1. The van der Waals surface area contributed by atoms with E-state index in [0.29, 0.717) is 18.8 Å². The summed E-state index contributed by atoms with van der Waals surface area (Å²) in [6, 6.07) is 26.4. The Balaban J connectivity index is 1.32. The van der Waals surface area contributed by atoms with Crippen molar-refractivity contribution in [2.75, 3.05) is 7.11 Å². The summed E-state index contributed by atoms with van der Waals surface area (Å²) in [5.74, 6) is 0.492. The molecule has 6 heteroatoms. The van der Waals surface area contributed by atoms with Crippen LogP contribution in [0.2, 0.25) is 0 Å². The Hall–Kier alpha value is -4.00. The van der Waals surface area contributed by atoms with E-state index in [0.717, 1.165) is 55.8 Å². The summed E-state index contributed by atoms with van der Waals surface area (Å²) < 4.78 is 17.7. The molecule has 4 aromatic carbocycles. The third kappa shape index (κ3) is 4.16. The Morgan fingerprint density at radius 2 is 1.89 bits per heavy atom. The Kier molecular flexibility index (Phi) is 6.44. The standard InChI is InChI=1S/C32H27NO4S/c1-3-32(35-2,31-33-14-15-38-31)24-10-7-11-25(18-24)36-19-21-12-13-26-23(16-21)17-27-28(20-37-30(27)34)29(26)22-8-5-4-6-9-22/h4-18H,3,19-20H2,1-2H3. The van der Waals surface area contributed by atoms with Crippen LogP contribution in [0.1, 0.15) is 45.4 Å². The van der Waals surface area contributed by atoms with Crippen molar-refractivity contribution < 1.29 is 19.0 Å². The first-order valence-corrected chi connectivity index (χ1v) is 13.5. The van der Waals surface area contributed by atoms with E-state index in [-0.39, 0.29) is 5.97 Å². The number of ether oxygens (including phenoxy) is 3. The second kappa shape index (κ2) is 10.0. The first-order valence-electron chi connectivity index (χ1n) is 12.6. The van der Waals surface area contributed by atoms with E-state index in [1.54, 1.807) is 18.4 Å². The third-order valence-corrected chi connectivity index (χ3v) is 8.19. The van der Waals surface area contributed by atoms with Crippen LogP contribution in [0, 0.1) is 0 Å². The molecule has 1 atom stereocenters. The molecule has 1 aliphatic rings. The van der Waals surface area contributed by atoms with E-state index < -0.39 is 5.60 Å². The molecule has 2 heterocycles. The second-order valence-corrected chi connectivity index (χ2v) is 10.2. The molecule has 0 aliphatic carbocycles. The summed E-state index contributed by atoms with van der Waals surface area (Å²) in [6.07, 6.45) is 2.56. The predicted octanol–water partition coefficient (Wildman–Crippen LogP) is 7.51. The van der Waals surface area contributed by atoms with Crippen molar-refractivity contribution >= 4 is 28.1 Å². The highest BCUT2D eigenvalue weighted by Gasteiger charge is 2.35. The van der Waals surface area contributed by atoms with Crippen LogP contribution in [-0.4, -0.2) is 18.1 Å². The predicted molar refractivity (Wildman–Crippen MR) is 149 cm³/mol. The molecule has 5 aromatic rings. The molecule has 0 bridgehead atoms. The number of methoxy groups -OCH3 is 1. The second-order valence-electron chi connectivity index (χ2n) is 9.31. The van der Waals surface area contributed by atoms with Gasteiger partial charge in [-0.1, -0.05) is 61.5 Å². The van der Waals surface area contributed by atoms with Crippen molar-refractivity contribution in [3.05, 3.63) is 118 Å². The summed E-state index contributed by atoms with van der Waals surface area (Å²) in [5.41, 5.74) is 5.14. The molecule has 0 saturated carbocycles. The lowest BCUT2D eigenvalue weighted by atomic mass is 9.90. The molecule has 1 unspecified atom stereocenters. The fraction of sp³-hybridized carbons (Fsp3) is 0.188. The number of thiazole rings is 1. The monoisotopic (exact) mass is 521 g/mol. The molecular formula is C32H27NO4S. The molecule has 6 rings (SSSR count). The summed E-state index contributed by atoms with van der Waals surface area (Å²) in [5, 5.41) is 4.98. The topological polar surface area (TPSA) is 57.7 Å². The van der Waals surface area contributed by atoms with Crippen molar-refractivity contribution in [2.24, 2.45) is 0 Å². The molecule has 0 saturated heterocycles. The molecule has 0 radical (unpaired) electrons. The molecule has 0 spiro atoms. The maximum absolute atomic E-state index is 12.5. The average molecular weight is 522 g/mol. The van der Waals surface area contributed by atoms with Crippen molar-refractivity contribution in [1.29, 1.82) is 0 Å². The van der Waals surface area contributed by atoms with Gasteiger partial charge in [0.05, 0.1) is 5.56 Å². The Bertz CT molecular complexity index is 1610. The number of carbonyl (C=O) groups is 1. The smallest absolute Gasteiger partial charge is 0.338 e. The number of hydrogen-bond acceptors (Lipinski definition) is 6. The molecule has 38 heavy (non-hydrogen) atoms. The number of rotatable bonds is 8. The van der Waals surface area contributed by atoms with Gasteiger partial charge in [-0.05, 0) is 63.7 Å². The van der Waals surface area contributed by atoms with Crippen molar-refractivity contribution in [1.82, 2.24) is 4.98 Å². The largest absolute Gasteiger partial charge is 0.489 e. The van der Waals surface area contributed by atoms with Gasteiger partial charge in [-0.2, -0.15) is 0 Å². The van der Waals surface area contributed by atoms with Crippen LogP contribution >= 0.6 is 11.3 Å². The van der Waals surface area contributed by atoms with E-state index in [4.69, 9.17) is 14.2 Å². The molecule has 1 aliphatic heterocycles. The van der Waals surface area contributed by atoms with Gasteiger partial charge in [0, 0.05) is 24.3 Å². The van der Waals surface area contributed by atoms with Gasteiger partial charge in [-0.25, -0.2) is 9.78 Å². The van der Waals surface area contributed by atoms with Crippen LogP contribution in [-0.2, 0) is 28.3 Å². The van der Waals surface area contributed by atoms with Crippen molar-refractivity contribution in [2.45, 2.75) is 32.2 Å². The number of benzene rings is 4. The van der Waals surface area contributed by atoms with E-state index in [2.05, 4.69) is 48.3 Å². The van der Waals surface area contributed by atoms with Crippen LogP contribution in [0.3, 0.4) is 0 Å². The Morgan fingerprint density at radius 1 is 1.03 bits per heavy atom. The minimum Gasteiger partial charge on any atom is -0.489 e. The first kappa shape index (κ1) is 24.3. The maximum Gasteiger partial charge on any atom is 0.338 e. The third-order valence-electron chi connectivity index (χ3n) is 7.27. The molecule has 0 amide bonds. The normalized spacial score (nSPS) is 14.2. The highest BCUT2D eigenvalue weighted by Crippen LogP contribution is 2.40. The number of cyclic esters (lactones) is 1. The molecule has 190 valence electrons. The van der Waals surface area contributed by atoms with E-state index in [9.17, 15) is 4.79 Å². The van der Waals surface area contributed by atoms with Gasteiger partial charge in [0.2, 0.25) is 0 Å². The summed E-state index contributed by atoms with van der Waals surface area (Å²) in [7, 11) is 1.73. The maximum atomic E-state index is 12.5. The van der Waals surface area contributed by atoms with Gasteiger partial charge in [0.25, 0.3) is 0 Å². The Labute approximate surface area is 225 Å². The van der Waals surface area contributed by atoms with Crippen LogP contribution in [0.4, 0.5) is 0 Å². The first-order chi connectivity index (χ1) is 18.6. The zero-order chi connectivity index (χ0) is 26.1. The van der Waals surface area contributed by atoms with Crippen molar-refractivity contribution in [3.63, 3.8) is 0 Å². The van der Waals surface area contributed by atoms with E-state index in [1.165, 1.54) is 0 Å².